The predicted molar refractivity (Wildman–Crippen MR) is 149 cm³/mol. The molecular formula is C31H35N3O5. The van der Waals surface area contributed by atoms with Gasteiger partial charge in [0.05, 0.1) is 0 Å². The molecule has 3 aromatic carbocycles. The summed E-state index contributed by atoms with van der Waals surface area (Å²) in [6.45, 7) is 2.68. The van der Waals surface area contributed by atoms with E-state index in [0.717, 1.165) is 27.8 Å². The third kappa shape index (κ3) is 7.03. The van der Waals surface area contributed by atoms with Gasteiger partial charge in [-0.15, -0.1) is 0 Å². The average Bonchev–Trinajstić information content (AvgIpc) is 3.25. The standard InChI is InChI=1S/C31H35N3O5/c1-3-11-27(30(36)37)32-29(35)28(19-34(2)18-21-12-5-4-6-13-21)33-31(38)39-20-26-24-16-9-7-14-22(24)23-15-8-10-17-25(23)26/h4-10,12-17,26-28H,3,11,18-20H2,1-2H3,(H,32,35)(H,33,38)(H,36,37). The van der Waals surface area contributed by atoms with E-state index in [-0.39, 0.29) is 19.1 Å². The zero-order chi connectivity index (χ0) is 27.8. The summed E-state index contributed by atoms with van der Waals surface area (Å²) >= 11 is 0. The van der Waals surface area contributed by atoms with Crippen LogP contribution in [0.5, 0.6) is 0 Å². The molecule has 0 saturated heterocycles. The topological polar surface area (TPSA) is 108 Å². The Kier molecular flexibility index (Phi) is 9.33. The molecule has 0 fully saturated rings. The molecule has 2 amide bonds. The minimum absolute atomic E-state index is 0.113. The average molecular weight is 530 g/mol. The lowest BCUT2D eigenvalue weighted by molar-refractivity contribution is -0.142. The maximum Gasteiger partial charge on any atom is 0.407 e. The Labute approximate surface area is 229 Å². The maximum absolute atomic E-state index is 13.2. The summed E-state index contributed by atoms with van der Waals surface area (Å²) < 4.78 is 5.66. The lowest BCUT2D eigenvalue weighted by Crippen LogP contribution is -2.55. The summed E-state index contributed by atoms with van der Waals surface area (Å²) in [7, 11) is 1.84. The summed E-state index contributed by atoms with van der Waals surface area (Å²) in [6, 6.07) is 23.8. The Morgan fingerprint density at radius 1 is 0.872 bits per heavy atom. The van der Waals surface area contributed by atoms with Gasteiger partial charge in [0.1, 0.15) is 18.7 Å². The second-order valence-electron chi connectivity index (χ2n) is 9.89. The molecule has 0 aromatic heterocycles. The fourth-order valence-electron chi connectivity index (χ4n) is 5.07. The van der Waals surface area contributed by atoms with Crippen molar-refractivity contribution in [3.8, 4) is 11.1 Å². The van der Waals surface area contributed by atoms with E-state index in [1.807, 2.05) is 85.6 Å². The summed E-state index contributed by atoms with van der Waals surface area (Å²) in [5, 5.41) is 14.8. The van der Waals surface area contributed by atoms with Gasteiger partial charge in [-0.25, -0.2) is 9.59 Å². The van der Waals surface area contributed by atoms with Crippen molar-refractivity contribution in [1.29, 1.82) is 0 Å². The summed E-state index contributed by atoms with van der Waals surface area (Å²) in [5.41, 5.74) is 5.48. The first-order chi connectivity index (χ1) is 18.9. The monoisotopic (exact) mass is 529 g/mol. The highest BCUT2D eigenvalue weighted by atomic mass is 16.5. The van der Waals surface area contributed by atoms with Gasteiger partial charge in [0.25, 0.3) is 0 Å². The number of nitrogens with zero attached hydrogens (tertiary/aromatic N) is 1. The molecule has 0 aliphatic heterocycles. The molecule has 4 rings (SSSR count). The van der Waals surface area contributed by atoms with Crippen LogP contribution in [0.25, 0.3) is 11.1 Å². The maximum atomic E-state index is 13.2. The highest BCUT2D eigenvalue weighted by Crippen LogP contribution is 2.44. The number of likely N-dealkylation sites (N-methyl/N-ethyl adjacent to an activating group) is 1. The number of carboxylic acids is 1. The van der Waals surface area contributed by atoms with Gasteiger partial charge in [-0.05, 0) is 41.3 Å². The quantitative estimate of drug-likeness (QED) is 0.321. The largest absolute Gasteiger partial charge is 0.480 e. The van der Waals surface area contributed by atoms with Gasteiger partial charge in [-0.3, -0.25) is 9.69 Å². The summed E-state index contributed by atoms with van der Waals surface area (Å²) in [5.74, 6) is -1.79. The number of fused-ring (bicyclic) bond motifs is 3. The minimum atomic E-state index is -1.11. The third-order valence-corrected chi connectivity index (χ3v) is 6.93. The first-order valence-corrected chi connectivity index (χ1v) is 13.2. The van der Waals surface area contributed by atoms with Gasteiger partial charge in [-0.1, -0.05) is 92.2 Å². The number of benzene rings is 3. The second-order valence-corrected chi connectivity index (χ2v) is 9.89. The van der Waals surface area contributed by atoms with Crippen LogP contribution in [0, 0.1) is 0 Å². The van der Waals surface area contributed by atoms with Crippen LogP contribution in [0.2, 0.25) is 0 Å². The van der Waals surface area contributed by atoms with E-state index in [1.165, 1.54) is 0 Å². The van der Waals surface area contributed by atoms with Gasteiger partial charge in [-0.2, -0.15) is 0 Å². The van der Waals surface area contributed by atoms with Crippen molar-refractivity contribution in [2.45, 2.75) is 44.3 Å². The highest BCUT2D eigenvalue weighted by Gasteiger charge is 2.31. The molecule has 0 bridgehead atoms. The molecule has 39 heavy (non-hydrogen) atoms. The number of nitrogens with one attached hydrogen (secondary N) is 2. The zero-order valence-corrected chi connectivity index (χ0v) is 22.3. The molecule has 1 aliphatic rings. The van der Waals surface area contributed by atoms with E-state index >= 15 is 0 Å². The molecule has 8 heteroatoms. The first-order valence-electron chi connectivity index (χ1n) is 13.2. The van der Waals surface area contributed by atoms with Crippen molar-refractivity contribution in [3.63, 3.8) is 0 Å². The third-order valence-electron chi connectivity index (χ3n) is 6.93. The summed E-state index contributed by atoms with van der Waals surface area (Å²) in [4.78, 5) is 39.7. The predicted octanol–water partition coefficient (Wildman–Crippen LogP) is 4.40. The molecule has 0 saturated carbocycles. The number of ether oxygens (including phenoxy) is 1. The van der Waals surface area contributed by atoms with Crippen molar-refractivity contribution in [2.24, 2.45) is 0 Å². The number of rotatable bonds is 12. The van der Waals surface area contributed by atoms with Crippen molar-refractivity contribution in [1.82, 2.24) is 15.5 Å². The number of amides is 2. The number of hydrogen-bond donors (Lipinski definition) is 3. The fourth-order valence-corrected chi connectivity index (χ4v) is 5.07. The molecule has 0 spiro atoms. The van der Waals surface area contributed by atoms with Gasteiger partial charge in [0.2, 0.25) is 5.91 Å². The number of carboxylic acid groups (broad SMARTS) is 1. The van der Waals surface area contributed by atoms with E-state index in [9.17, 15) is 19.5 Å². The van der Waals surface area contributed by atoms with E-state index in [2.05, 4.69) is 22.8 Å². The number of carbonyl (C=O) groups excluding carboxylic acids is 2. The van der Waals surface area contributed by atoms with Crippen LogP contribution in [0.1, 0.15) is 42.4 Å². The Bertz CT molecular complexity index is 1250. The molecule has 2 unspecified atom stereocenters. The van der Waals surface area contributed by atoms with Crippen LogP contribution in [0.3, 0.4) is 0 Å². The van der Waals surface area contributed by atoms with Crippen LogP contribution in [-0.2, 0) is 20.9 Å². The normalized spacial score (nSPS) is 13.7. The Morgan fingerprint density at radius 2 is 1.46 bits per heavy atom. The van der Waals surface area contributed by atoms with Crippen LogP contribution in [0.4, 0.5) is 4.79 Å². The highest BCUT2D eigenvalue weighted by molar-refractivity contribution is 5.89. The lowest BCUT2D eigenvalue weighted by Gasteiger charge is -2.26. The van der Waals surface area contributed by atoms with E-state index in [1.54, 1.807) is 0 Å². The Balaban J connectivity index is 1.44. The van der Waals surface area contributed by atoms with Crippen LogP contribution in [0.15, 0.2) is 78.9 Å². The molecule has 2 atom stereocenters. The molecule has 8 nitrogen and oxygen atoms in total. The minimum Gasteiger partial charge on any atom is -0.480 e. The van der Waals surface area contributed by atoms with Crippen molar-refractivity contribution in [3.05, 3.63) is 95.6 Å². The number of carbonyl (C=O) groups is 3. The van der Waals surface area contributed by atoms with E-state index < -0.39 is 30.1 Å². The fraction of sp³-hybridized carbons (Fsp3) is 0.323. The van der Waals surface area contributed by atoms with Crippen molar-refractivity contribution < 1.29 is 24.2 Å². The van der Waals surface area contributed by atoms with E-state index in [4.69, 9.17) is 4.74 Å². The smallest absolute Gasteiger partial charge is 0.407 e. The first kappa shape index (κ1) is 27.9. The molecule has 1 aliphatic carbocycles. The van der Waals surface area contributed by atoms with Crippen molar-refractivity contribution >= 4 is 18.0 Å². The van der Waals surface area contributed by atoms with Crippen LogP contribution in [-0.4, -0.2) is 60.3 Å². The SMILES string of the molecule is CCCC(NC(=O)C(CN(C)Cc1ccccc1)NC(=O)OCC1c2ccccc2-c2ccccc21)C(=O)O. The molecular weight excluding hydrogens is 494 g/mol. The Morgan fingerprint density at radius 3 is 2.05 bits per heavy atom. The van der Waals surface area contributed by atoms with Crippen molar-refractivity contribution in [2.75, 3.05) is 20.2 Å². The number of hydrogen-bond acceptors (Lipinski definition) is 5. The molecule has 0 heterocycles. The van der Waals surface area contributed by atoms with Gasteiger partial charge in [0, 0.05) is 19.0 Å². The number of alkyl carbamates (subject to hydrolysis) is 1. The van der Waals surface area contributed by atoms with Crippen LogP contribution < -0.4 is 10.6 Å². The van der Waals surface area contributed by atoms with Gasteiger partial charge >= 0.3 is 12.1 Å². The molecule has 3 N–H and O–H groups in total. The molecule has 204 valence electrons. The number of aliphatic carboxylic acids is 1. The molecule has 0 radical (unpaired) electrons. The van der Waals surface area contributed by atoms with Crippen LogP contribution >= 0.6 is 0 Å². The molecule has 3 aromatic rings. The van der Waals surface area contributed by atoms with Gasteiger partial charge in [0.15, 0.2) is 0 Å². The zero-order valence-electron chi connectivity index (χ0n) is 22.3. The lowest BCUT2D eigenvalue weighted by atomic mass is 9.98. The van der Waals surface area contributed by atoms with Gasteiger partial charge < -0.3 is 20.5 Å². The van der Waals surface area contributed by atoms with E-state index in [0.29, 0.717) is 19.4 Å². The Hall–Kier alpha value is -4.17. The summed E-state index contributed by atoms with van der Waals surface area (Å²) in [6.07, 6.45) is 0.154. The second kappa shape index (κ2) is 13.1.